The fourth-order valence-electron chi connectivity index (χ4n) is 11.6. The SMILES string of the molecule is CC1(c2ccccc2)c2ccccc2-c2ccc(N(c3cccc(-c4cccc5oc6ccccc6c45)c3)c3ccc4c(c3)-c3ccccc3C4(c3ccccc3)c3ccccc3)cc21. The van der Waals surface area contributed by atoms with Crippen LogP contribution in [0.2, 0.25) is 0 Å². The number of anilines is 3. The van der Waals surface area contributed by atoms with Crippen LogP contribution in [-0.4, -0.2) is 0 Å². The number of nitrogens with zero attached hydrogens (tertiary/aromatic N) is 1. The third-order valence-corrected chi connectivity index (χ3v) is 14.4. The molecule has 65 heavy (non-hydrogen) atoms. The van der Waals surface area contributed by atoms with Crippen LogP contribution in [0, 0.1) is 0 Å². The zero-order chi connectivity index (χ0) is 43.1. The van der Waals surface area contributed by atoms with Crippen LogP contribution in [0.3, 0.4) is 0 Å². The van der Waals surface area contributed by atoms with Gasteiger partial charge in [0.05, 0.1) is 5.41 Å². The normalized spacial score (nSPS) is 15.3. The van der Waals surface area contributed by atoms with Crippen LogP contribution in [0.4, 0.5) is 17.1 Å². The third-order valence-electron chi connectivity index (χ3n) is 14.4. The second kappa shape index (κ2) is 14.4. The summed E-state index contributed by atoms with van der Waals surface area (Å²) in [5, 5.41) is 2.25. The van der Waals surface area contributed by atoms with Gasteiger partial charge in [-0.05, 0) is 128 Å². The minimum atomic E-state index is -0.485. The van der Waals surface area contributed by atoms with E-state index in [2.05, 4.69) is 248 Å². The van der Waals surface area contributed by atoms with E-state index >= 15 is 0 Å². The fraction of sp³-hybridized carbons (Fsp3) is 0.0476. The minimum absolute atomic E-state index is 0.351. The first kappa shape index (κ1) is 37.4. The van der Waals surface area contributed by atoms with E-state index in [4.69, 9.17) is 4.42 Å². The molecule has 2 nitrogen and oxygen atoms in total. The summed E-state index contributed by atoms with van der Waals surface area (Å²) < 4.78 is 6.40. The Morgan fingerprint density at radius 2 is 0.862 bits per heavy atom. The second-order valence-electron chi connectivity index (χ2n) is 17.7. The standard InChI is InChI=1S/C63H43NO/c1-62(43-20-5-2-6-21-43)55-31-14-11-27-50(55)52-37-35-48(41-58(52)62)64(46-26-17-19-42(39-46)49-30-18-34-60-61(49)53-29-13-16-33-59(53)65-60)47-36-38-57-54(40-47)51-28-12-15-32-56(51)63(57,44-22-7-3-8-23-44)45-24-9-4-10-25-45/h2-41H,1H3. The Bertz CT molecular complexity index is 3580. The van der Waals surface area contributed by atoms with Crippen molar-refractivity contribution in [2.24, 2.45) is 0 Å². The van der Waals surface area contributed by atoms with Crippen LogP contribution >= 0.6 is 0 Å². The molecule has 2 aliphatic carbocycles. The van der Waals surface area contributed by atoms with E-state index in [1.54, 1.807) is 0 Å². The topological polar surface area (TPSA) is 16.4 Å². The van der Waals surface area contributed by atoms with E-state index < -0.39 is 5.41 Å². The van der Waals surface area contributed by atoms with E-state index in [9.17, 15) is 0 Å². The molecule has 1 heterocycles. The lowest BCUT2D eigenvalue weighted by Crippen LogP contribution is -2.28. The molecule has 1 atom stereocenters. The monoisotopic (exact) mass is 829 g/mol. The Hall–Kier alpha value is -8.20. The molecule has 1 unspecified atom stereocenters. The number of hydrogen-bond donors (Lipinski definition) is 0. The highest BCUT2D eigenvalue weighted by molar-refractivity contribution is 6.12. The van der Waals surface area contributed by atoms with Crippen molar-refractivity contribution in [2.75, 3.05) is 4.90 Å². The first-order valence-corrected chi connectivity index (χ1v) is 22.6. The van der Waals surface area contributed by atoms with Gasteiger partial charge in [-0.3, -0.25) is 0 Å². The maximum Gasteiger partial charge on any atom is 0.136 e. The van der Waals surface area contributed by atoms with Gasteiger partial charge in [0.1, 0.15) is 11.2 Å². The van der Waals surface area contributed by atoms with Crippen molar-refractivity contribution in [3.63, 3.8) is 0 Å². The highest BCUT2D eigenvalue weighted by Crippen LogP contribution is 2.58. The Morgan fingerprint density at radius 3 is 1.62 bits per heavy atom. The molecule has 0 spiro atoms. The fourth-order valence-corrected chi connectivity index (χ4v) is 11.6. The van der Waals surface area contributed by atoms with Crippen molar-refractivity contribution in [3.05, 3.63) is 282 Å². The predicted octanol–water partition coefficient (Wildman–Crippen LogP) is 16.4. The van der Waals surface area contributed by atoms with Crippen LogP contribution < -0.4 is 4.90 Å². The zero-order valence-electron chi connectivity index (χ0n) is 35.9. The number of para-hydroxylation sites is 1. The van der Waals surface area contributed by atoms with Crippen LogP contribution in [0.5, 0.6) is 0 Å². The lowest BCUT2D eigenvalue weighted by atomic mass is 9.68. The molecule has 2 aliphatic rings. The molecule has 13 rings (SSSR count). The molecule has 0 aliphatic heterocycles. The lowest BCUT2D eigenvalue weighted by Gasteiger charge is -2.34. The number of furan rings is 1. The number of fused-ring (bicyclic) bond motifs is 9. The van der Waals surface area contributed by atoms with Gasteiger partial charge in [0, 0.05) is 33.2 Å². The summed E-state index contributed by atoms with van der Waals surface area (Å²) in [6.45, 7) is 2.40. The molecular weight excluding hydrogens is 787 g/mol. The first-order valence-electron chi connectivity index (χ1n) is 22.6. The van der Waals surface area contributed by atoms with E-state index in [1.807, 2.05) is 6.07 Å². The summed E-state index contributed by atoms with van der Waals surface area (Å²) in [7, 11) is 0. The Morgan fingerprint density at radius 1 is 0.338 bits per heavy atom. The molecule has 11 aromatic rings. The Balaban J connectivity index is 1.06. The summed E-state index contributed by atoms with van der Waals surface area (Å²) in [5.41, 5.74) is 20.6. The molecule has 0 saturated carbocycles. The largest absolute Gasteiger partial charge is 0.456 e. The lowest BCUT2D eigenvalue weighted by molar-refractivity contribution is 0.669. The van der Waals surface area contributed by atoms with Crippen LogP contribution in [-0.2, 0) is 10.8 Å². The van der Waals surface area contributed by atoms with E-state index in [-0.39, 0.29) is 5.41 Å². The van der Waals surface area contributed by atoms with Gasteiger partial charge in [0.25, 0.3) is 0 Å². The van der Waals surface area contributed by atoms with Crippen molar-refractivity contribution < 1.29 is 4.42 Å². The molecule has 2 heteroatoms. The van der Waals surface area contributed by atoms with Crippen LogP contribution in [0.15, 0.2) is 247 Å². The van der Waals surface area contributed by atoms with Crippen molar-refractivity contribution in [1.82, 2.24) is 0 Å². The molecule has 0 fully saturated rings. The summed E-state index contributed by atoms with van der Waals surface area (Å²) in [6.07, 6.45) is 0. The molecule has 1 aromatic heterocycles. The van der Waals surface area contributed by atoms with Gasteiger partial charge < -0.3 is 9.32 Å². The average molecular weight is 830 g/mol. The minimum Gasteiger partial charge on any atom is -0.456 e. The highest BCUT2D eigenvalue weighted by Gasteiger charge is 2.46. The van der Waals surface area contributed by atoms with Crippen molar-refractivity contribution in [2.45, 2.75) is 17.8 Å². The van der Waals surface area contributed by atoms with Gasteiger partial charge in [-0.25, -0.2) is 0 Å². The predicted molar refractivity (Wildman–Crippen MR) is 269 cm³/mol. The van der Waals surface area contributed by atoms with Crippen molar-refractivity contribution in [1.29, 1.82) is 0 Å². The summed E-state index contributed by atoms with van der Waals surface area (Å²) in [6, 6.07) is 89.2. The van der Waals surface area contributed by atoms with Gasteiger partial charge in [0.15, 0.2) is 0 Å². The van der Waals surface area contributed by atoms with Gasteiger partial charge in [0.2, 0.25) is 0 Å². The molecule has 0 N–H and O–H groups in total. The van der Waals surface area contributed by atoms with E-state index in [1.165, 1.54) is 61.2 Å². The number of rotatable bonds is 7. The Labute approximate surface area is 379 Å². The third kappa shape index (κ3) is 5.41. The molecule has 0 bridgehead atoms. The quantitative estimate of drug-likeness (QED) is 0.159. The molecule has 306 valence electrons. The molecule has 0 saturated heterocycles. The maximum absolute atomic E-state index is 6.40. The Kier molecular flexibility index (Phi) is 8.29. The van der Waals surface area contributed by atoms with Gasteiger partial charge in [-0.2, -0.15) is 0 Å². The number of hydrogen-bond acceptors (Lipinski definition) is 2. The van der Waals surface area contributed by atoms with Crippen molar-refractivity contribution >= 4 is 39.0 Å². The maximum atomic E-state index is 6.40. The number of benzene rings is 10. The zero-order valence-corrected chi connectivity index (χ0v) is 35.9. The summed E-state index contributed by atoms with van der Waals surface area (Å²) in [5.74, 6) is 0. The molecule has 0 amide bonds. The van der Waals surface area contributed by atoms with Gasteiger partial charge in [-0.15, -0.1) is 0 Å². The summed E-state index contributed by atoms with van der Waals surface area (Å²) >= 11 is 0. The van der Waals surface area contributed by atoms with E-state index in [0.29, 0.717) is 0 Å². The van der Waals surface area contributed by atoms with Crippen LogP contribution in [0.25, 0.3) is 55.3 Å². The molecule has 10 aromatic carbocycles. The molecule has 0 radical (unpaired) electrons. The van der Waals surface area contributed by atoms with Gasteiger partial charge >= 0.3 is 0 Å². The first-order chi connectivity index (χ1) is 32.1. The van der Waals surface area contributed by atoms with Gasteiger partial charge in [-0.1, -0.05) is 194 Å². The average Bonchev–Trinajstić information content (AvgIpc) is 4.00. The van der Waals surface area contributed by atoms with Crippen molar-refractivity contribution in [3.8, 4) is 33.4 Å². The molecular formula is C63H43NO. The van der Waals surface area contributed by atoms with E-state index in [0.717, 1.165) is 50.1 Å². The second-order valence-corrected chi connectivity index (χ2v) is 17.7. The smallest absolute Gasteiger partial charge is 0.136 e. The summed E-state index contributed by atoms with van der Waals surface area (Å²) in [4.78, 5) is 2.47. The highest BCUT2D eigenvalue weighted by atomic mass is 16.3. The van der Waals surface area contributed by atoms with Crippen LogP contribution in [0.1, 0.15) is 45.9 Å².